The van der Waals surface area contributed by atoms with E-state index < -0.39 is 27.4 Å². The zero-order valence-electron chi connectivity index (χ0n) is 18.5. The third-order valence-electron chi connectivity index (χ3n) is 5.34. The highest BCUT2D eigenvalue weighted by Crippen LogP contribution is 2.33. The van der Waals surface area contributed by atoms with Crippen LogP contribution in [0.1, 0.15) is 31.0 Å². The van der Waals surface area contributed by atoms with Gasteiger partial charge >= 0.3 is 5.97 Å². The molecule has 0 saturated carbocycles. The molecule has 0 saturated heterocycles. The largest absolute Gasteiger partial charge is 0.463 e. The van der Waals surface area contributed by atoms with Crippen LogP contribution in [0, 0.1) is 20.2 Å². The van der Waals surface area contributed by atoms with Crippen LogP contribution in [0.25, 0.3) is 11.8 Å². The quantitative estimate of drug-likeness (QED) is 0.291. The molecular weight excluding hydrogens is 476 g/mol. The Hall–Kier alpha value is -4.45. The van der Waals surface area contributed by atoms with Gasteiger partial charge in [-0.05, 0) is 43.2 Å². The molecule has 1 aromatic heterocycles. The number of hydrogen-bond acceptors (Lipinski definition) is 9. The highest BCUT2D eigenvalue weighted by molar-refractivity contribution is 7.07. The van der Waals surface area contributed by atoms with E-state index in [1.807, 2.05) is 0 Å². The van der Waals surface area contributed by atoms with Gasteiger partial charge in [-0.25, -0.2) is 9.79 Å². The van der Waals surface area contributed by atoms with Crippen molar-refractivity contribution in [1.29, 1.82) is 0 Å². The molecule has 12 heteroatoms. The van der Waals surface area contributed by atoms with Crippen LogP contribution in [0.2, 0.25) is 0 Å². The van der Waals surface area contributed by atoms with Crippen molar-refractivity contribution in [3.05, 3.63) is 105 Å². The number of thiazole rings is 1. The predicted molar refractivity (Wildman–Crippen MR) is 127 cm³/mol. The first-order valence-corrected chi connectivity index (χ1v) is 11.2. The Labute approximate surface area is 201 Å². The molecule has 2 heterocycles. The number of non-ortho nitro benzene ring substituents is 2. The molecule has 0 amide bonds. The normalized spacial score (nSPS) is 15.4. The van der Waals surface area contributed by atoms with E-state index in [0.717, 1.165) is 11.3 Å². The molecule has 0 bridgehead atoms. The molecular formula is C23H18N4O7S. The lowest BCUT2D eigenvalue weighted by atomic mass is 9.96. The van der Waals surface area contributed by atoms with Gasteiger partial charge in [-0.2, -0.15) is 0 Å². The molecule has 0 unspecified atom stereocenters. The van der Waals surface area contributed by atoms with Crippen LogP contribution < -0.4 is 14.9 Å². The van der Waals surface area contributed by atoms with Crippen LogP contribution in [0.4, 0.5) is 11.4 Å². The van der Waals surface area contributed by atoms with Crippen molar-refractivity contribution in [2.24, 2.45) is 4.99 Å². The van der Waals surface area contributed by atoms with E-state index in [1.165, 1.54) is 53.1 Å². The van der Waals surface area contributed by atoms with Gasteiger partial charge in [0.1, 0.15) is 6.04 Å². The third-order valence-corrected chi connectivity index (χ3v) is 6.32. The van der Waals surface area contributed by atoms with Gasteiger partial charge < -0.3 is 4.74 Å². The summed E-state index contributed by atoms with van der Waals surface area (Å²) in [5.74, 6) is -0.648. The summed E-state index contributed by atoms with van der Waals surface area (Å²) in [6.07, 6.45) is 1.53. The van der Waals surface area contributed by atoms with E-state index in [9.17, 15) is 29.8 Å². The van der Waals surface area contributed by atoms with Gasteiger partial charge in [0, 0.05) is 30.0 Å². The second-order valence-electron chi connectivity index (χ2n) is 7.49. The average molecular weight is 494 g/mol. The first-order chi connectivity index (χ1) is 16.7. The third kappa shape index (κ3) is 4.51. The number of hydrogen-bond donors (Lipinski definition) is 0. The lowest BCUT2D eigenvalue weighted by Crippen LogP contribution is -2.35. The molecule has 178 valence electrons. The Morgan fingerprint density at radius 2 is 1.83 bits per heavy atom. The molecule has 0 aliphatic carbocycles. The Kier molecular flexibility index (Phi) is 6.38. The standard InChI is InChI=1S/C23H18N4O7S/c1-3-34-22(29)19-13(2)25-21(28)18(12-14-5-4-6-17(11-14)27(32)33)35-23(25)24-20(19)15-7-9-16(10-8-15)26(30)31/h4-12,20H,3H2,1-2H3/b18-12-/t20-/m0/s1. The van der Waals surface area contributed by atoms with Crippen LogP contribution in [-0.4, -0.2) is 27.0 Å². The van der Waals surface area contributed by atoms with Gasteiger partial charge in [-0.1, -0.05) is 23.5 Å². The Morgan fingerprint density at radius 3 is 2.46 bits per heavy atom. The fourth-order valence-corrected chi connectivity index (χ4v) is 4.76. The number of fused-ring (bicyclic) bond motifs is 1. The maximum atomic E-state index is 13.2. The maximum Gasteiger partial charge on any atom is 0.338 e. The summed E-state index contributed by atoms with van der Waals surface area (Å²) < 4.78 is 6.79. The Morgan fingerprint density at radius 1 is 1.14 bits per heavy atom. The van der Waals surface area contributed by atoms with E-state index in [0.29, 0.717) is 21.6 Å². The number of nitrogens with zero attached hydrogens (tertiary/aromatic N) is 4. The monoisotopic (exact) mass is 494 g/mol. The van der Waals surface area contributed by atoms with E-state index in [-0.39, 0.29) is 28.1 Å². The zero-order valence-corrected chi connectivity index (χ0v) is 19.4. The van der Waals surface area contributed by atoms with E-state index in [2.05, 4.69) is 4.99 Å². The molecule has 0 radical (unpaired) electrons. The number of allylic oxidation sites excluding steroid dienone is 1. The summed E-state index contributed by atoms with van der Waals surface area (Å²) in [4.78, 5) is 52.1. The summed E-state index contributed by atoms with van der Waals surface area (Å²) in [7, 11) is 0. The summed E-state index contributed by atoms with van der Waals surface area (Å²) in [6, 6.07) is 10.7. The lowest BCUT2D eigenvalue weighted by molar-refractivity contribution is -0.385. The van der Waals surface area contributed by atoms with Crippen molar-refractivity contribution in [2.45, 2.75) is 19.9 Å². The minimum absolute atomic E-state index is 0.107. The molecule has 0 N–H and O–H groups in total. The summed E-state index contributed by atoms with van der Waals surface area (Å²) in [6.45, 7) is 3.37. The molecule has 2 aromatic carbocycles. The van der Waals surface area contributed by atoms with Gasteiger partial charge in [0.2, 0.25) is 0 Å². The van der Waals surface area contributed by atoms with Gasteiger partial charge in [0.05, 0.1) is 26.6 Å². The Bertz CT molecular complexity index is 1570. The molecule has 1 aliphatic rings. The molecule has 1 aliphatic heterocycles. The smallest absolute Gasteiger partial charge is 0.338 e. The molecule has 4 rings (SSSR count). The van der Waals surface area contributed by atoms with Crippen molar-refractivity contribution in [3.8, 4) is 0 Å². The highest BCUT2D eigenvalue weighted by atomic mass is 32.1. The van der Waals surface area contributed by atoms with E-state index in [4.69, 9.17) is 4.74 Å². The van der Waals surface area contributed by atoms with Gasteiger partial charge in [0.15, 0.2) is 4.80 Å². The van der Waals surface area contributed by atoms with Crippen LogP contribution in [-0.2, 0) is 9.53 Å². The number of benzene rings is 2. The Balaban J connectivity index is 1.91. The summed E-state index contributed by atoms with van der Waals surface area (Å²) in [5, 5.41) is 22.1. The molecule has 1 atom stereocenters. The minimum Gasteiger partial charge on any atom is -0.463 e. The fourth-order valence-electron chi connectivity index (χ4n) is 3.72. The SMILES string of the molecule is CCOC(=O)C1=C(C)n2c(s/c(=C\c3cccc([N+](=O)[O-])c3)c2=O)=N[C@H]1c1ccc([N+](=O)[O-])cc1. The van der Waals surface area contributed by atoms with Crippen molar-refractivity contribution < 1.29 is 19.4 Å². The second kappa shape index (κ2) is 9.43. The second-order valence-corrected chi connectivity index (χ2v) is 8.49. The number of aromatic nitrogens is 1. The molecule has 11 nitrogen and oxygen atoms in total. The minimum atomic E-state index is -0.835. The molecule has 35 heavy (non-hydrogen) atoms. The number of esters is 1. The van der Waals surface area contributed by atoms with E-state index >= 15 is 0 Å². The molecule has 3 aromatic rings. The number of nitro benzene ring substituents is 2. The van der Waals surface area contributed by atoms with Crippen LogP contribution in [0.5, 0.6) is 0 Å². The summed E-state index contributed by atoms with van der Waals surface area (Å²) in [5.41, 5.74) is 0.825. The number of rotatable bonds is 6. The number of carbonyl (C=O) groups is 1. The molecule has 0 fully saturated rings. The van der Waals surface area contributed by atoms with Crippen molar-refractivity contribution in [1.82, 2.24) is 4.57 Å². The first kappa shape index (κ1) is 23.7. The van der Waals surface area contributed by atoms with Crippen molar-refractivity contribution >= 4 is 40.5 Å². The van der Waals surface area contributed by atoms with Crippen molar-refractivity contribution in [2.75, 3.05) is 6.61 Å². The fraction of sp³-hybridized carbons (Fsp3) is 0.174. The predicted octanol–water partition coefficient (Wildman–Crippen LogP) is 2.72. The van der Waals surface area contributed by atoms with Gasteiger partial charge in [-0.3, -0.25) is 29.6 Å². The van der Waals surface area contributed by atoms with Crippen molar-refractivity contribution in [3.63, 3.8) is 0 Å². The summed E-state index contributed by atoms with van der Waals surface area (Å²) >= 11 is 1.07. The van der Waals surface area contributed by atoms with Gasteiger partial charge in [-0.15, -0.1) is 0 Å². The maximum absolute atomic E-state index is 13.2. The van der Waals surface area contributed by atoms with Crippen LogP contribution >= 0.6 is 11.3 Å². The number of nitro groups is 2. The number of ether oxygens (including phenoxy) is 1. The van der Waals surface area contributed by atoms with Crippen LogP contribution in [0.3, 0.4) is 0 Å². The lowest BCUT2D eigenvalue weighted by Gasteiger charge is -2.22. The topological polar surface area (TPSA) is 147 Å². The highest BCUT2D eigenvalue weighted by Gasteiger charge is 2.31. The average Bonchev–Trinajstić information content (AvgIpc) is 3.14. The zero-order chi connectivity index (χ0) is 25.3. The van der Waals surface area contributed by atoms with Crippen LogP contribution in [0.15, 0.2) is 63.9 Å². The first-order valence-electron chi connectivity index (χ1n) is 10.4. The van der Waals surface area contributed by atoms with Gasteiger partial charge in [0.25, 0.3) is 16.9 Å². The van der Waals surface area contributed by atoms with E-state index in [1.54, 1.807) is 19.9 Å². The molecule has 0 spiro atoms. The number of carbonyl (C=O) groups excluding carboxylic acids is 1.